The molecule has 0 radical (unpaired) electrons. The third-order valence-corrected chi connectivity index (χ3v) is 2.12. The van der Waals surface area contributed by atoms with Crippen LogP contribution in [0.25, 0.3) is 5.65 Å². The minimum absolute atomic E-state index is 0.0766. The van der Waals surface area contributed by atoms with Crippen LogP contribution in [0.4, 0.5) is 0 Å². The molecule has 68 valence electrons. The van der Waals surface area contributed by atoms with Gasteiger partial charge in [-0.15, -0.1) is 0 Å². The first-order chi connectivity index (χ1) is 6.22. The average Bonchev–Trinajstić information content (AvgIpc) is 2.44. The Balaban J connectivity index is 2.77. The maximum Gasteiger partial charge on any atom is 0.154 e. The molecule has 0 saturated carbocycles. The third kappa shape index (κ3) is 1.28. The van der Waals surface area contributed by atoms with Crippen LogP contribution in [0.15, 0.2) is 12.1 Å². The van der Waals surface area contributed by atoms with E-state index in [4.69, 9.17) is 16.7 Å². The number of aliphatic hydroxyl groups excluding tert-OH is 1. The summed E-state index contributed by atoms with van der Waals surface area (Å²) in [6.45, 7) is 1.77. The largest absolute Gasteiger partial charge is 0.390 e. The van der Waals surface area contributed by atoms with Crippen LogP contribution in [0.1, 0.15) is 11.4 Å². The van der Waals surface area contributed by atoms with Crippen molar-refractivity contribution in [2.24, 2.45) is 0 Å². The molecule has 0 bridgehead atoms. The summed E-state index contributed by atoms with van der Waals surface area (Å²) in [6.07, 6.45) is 0. The van der Waals surface area contributed by atoms with Gasteiger partial charge in [0.25, 0.3) is 0 Å². The highest BCUT2D eigenvalue weighted by atomic mass is 35.5. The molecule has 0 aromatic carbocycles. The average molecular weight is 198 g/mol. The quantitative estimate of drug-likeness (QED) is 0.747. The zero-order chi connectivity index (χ0) is 9.42. The number of aliphatic hydroxyl groups is 1. The van der Waals surface area contributed by atoms with Crippen LogP contribution < -0.4 is 0 Å². The van der Waals surface area contributed by atoms with Crippen LogP contribution in [0, 0.1) is 6.92 Å². The first-order valence-corrected chi connectivity index (χ1v) is 4.22. The number of halogens is 1. The van der Waals surface area contributed by atoms with Crippen LogP contribution in [0.5, 0.6) is 0 Å². The lowest BCUT2D eigenvalue weighted by Gasteiger charge is -1.94. The van der Waals surface area contributed by atoms with E-state index in [1.807, 2.05) is 6.92 Å². The Kier molecular flexibility index (Phi) is 1.94. The number of aromatic nitrogens is 3. The molecule has 0 saturated heterocycles. The van der Waals surface area contributed by atoms with Crippen molar-refractivity contribution in [3.05, 3.63) is 28.7 Å². The van der Waals surface area contributed by atoms with Crippen molar-refractivity contribution in [2.45, 2.75) is 13.5 Å². The van der Waals surface area contributed by atoms with Crippen molar-refractivity contribution in [3.63, 3.8) is 0 Å². The molecule has 2 rings (SSSR count). The van der Waals surface area contributed by atoms with Crippen LogP contribution >= 0.6 is 11.6 Å². The minimum Gasteiger partial charge on any atom is -0.390 e. The standard InChI is InChI=1S/C8H8ClN3O/c1-5-6(4-13)10-8-3-2-7(9)11-12(5)8/h2-3,13H,4H2,1H3. The summed E-state index contributed by atoms with van der Waals surface area (Å²) in [6, 6.07) is 3.44. The summed E-state index contributed by atoms with van der Waals surface area (Å²) >= 11 is 5.72. The van der Waals surface area contributed by atoms with Gasteiger partial charge in [0.1, 0.15) is 5.15 Å². The fraction of sp³-hybridized carbons (Fsp3) is 0.250. The highest BCUT2D eigenvalue weighted by Gasteiger charge is 2.07. The summed E-state index contributed by atoms with van der Waals surface area (Å²) < 4.78 is 1.62. The molecule has 0 aliphatic heterocycles. The first-order valence-electron chi connectivity index (χ1n) is 3.84. The first kappa shape index (κ1) is 8.47. The van der Waals surface area contributed by atoms with Gasteiger partial charge in [-0.3, -0.25) is 0 Å². The fourth-order valence-corrected chi connectivity index (χ4v) is 1.36. The van der Waals surface area contributed by atoms with Gasteiger partial charge < -0.3 is 5.11 Å². The summed E-state index contributed by atoms with van der Waals surface area (Å²) in [5, 5.41) is 13.4. The Morgan fingerprint density at radius 3 is 3.00 bits per heavy atom. The predicted molar refractivity (Wildman–Crippen MR) is 48.7 cm³/mol. The van der Waals surface area contributed by atoms with Gasteiger partial charge in [0.15, 0.2) is 5.65 Å². The molecule has 5 heteroatoms. The summed E-state index contributed by atoms with van der Waals surface area (Å²) in [4.78, 5) is 4.16. The molecular formula is C8H8ClN3O. The molecule has 1 N–H and O–H groups in total. The smallest absolute Gasteiger partial charge is 0.154 e. The predicted octanol–water partition coefficient (Wildman–Crippen LogP) is 1.18. The Hall–Kier alpha value is -1.13. The lowest BCUT2D eigenvalue weighted by Crippen LogP contribution is -1.94. The number of imidazole rings is 1. The van der Waals surface area contributed by atoms with Crippen molar-refractivity contribution in [2.75, 3.05) is 0 Å². The van der Waals surface area contributed by atoms with E-state index in [0.29, 0.717) is 16.5 Å². The summed E-state index contributed by atoms with van der Waals surface area (Å²) in [7, 11) is 0. The highest BCUT2D eigenvalue weighted by molar-refractivity contribution is 6.29. The Labute approximate surface area is 79.8 Å². The van der Waals surface area contributed by atoms with Gasteiger partial charge in [0.2, 0.25) is 0 Å². The molecule has 2 aromatic heterocycles. The zero-order valence-corrected chi connectivity index (χ0v) is 7.78. The van der Waals surface area contributed by atoms with Crippen LogP contribution in [-0.2, 0) is 6.61 Å². The van der Waals surface area contributed by atoms with Gasteiger partial charge >= 0.3 is 0 Å². The van der Waals surface area contributed by atoms with E-state index >= 15 is 0 Å². The molecule has 0 spiro atoms. The molecule has 0 aliphatic carbocycles. The van der Waals surface area contributed by atoms with Gasteiger partial charge in [0, 0.05) is 0 Å². The number of hydrogen-bond donors (Lipinski definition) is 1. The lowest BCUT2D eigenvalue weighted by atomic mass is 10.4. The van der Waals surface area contributed by atoms with Crippen molar-refractivity contribution in [1.82, 2.24) is 14.6 Å². The molecule has 4 nitrogen and oxygen atoms in total. The van der Waals surface area contributed by atoms with E-state index < -0.39 is 0 Å². The Morgan fingerprint density at radius 1 is 1.54 bits per heavy atom. The third-order valence-electron chi connectivity index (χ3n) is 1.92. The molecule has 0 unspecified atom stereocenters. The second-order valence-electron chi connectivity index (χ2n) is 2.73. The van der Waals surface area contributed by atoms with Crippen molar-refractivity contribution in [1.29, 1.82) is 0 Å². The second-order valence-corrected chi connectivity index (χ2v) is 3.12. The number of hydrogen-bond acceptors (Lipinski definition) is 3. The van der Waals surface area contributed by atoms with Gasteiger partial charge in [-0.05, 0) is 19.1 Å². The molecule has 2 aromatic rings. The van der Waals surface area contributed by atoms with Gasteiger partial charge in [-0.25, -0.2) is 9.50 Å². The normalized spacial score (nSPS) is 11.0. The Morgan fingerprint density at radius 2 is 2.31 bits per heavy atom. The van der Waals surface area contributed by atoms with Crippen molar-refractivity contribution < 1.29 is 5.11 Å². The minimum atomic E-state index is -0.0766. The monoisotopic (exact) mass is 197 g/mol. The molecule has 0 aliphatic rings. The lowest BCUT2D eigenvalue weighted by molar-refractivity contribution is 0.276. The number of nitrogens with zero attached hydrogens (tertiary/aromatic N) is 3. The molecule has 13 heavy (non-hydrogen) atoms. The summed E-state index contributed by atoms with van der Waals surface area (Å²) in [5.41, 5.74) is 2.15. The van der Waals surface area contributed by atoms with Crippen molar-refractivity contribution >= 4 is 17.2 Å². The number of rotatable bonds is 1. The van der Waals surface area contributed by atoms with E-state index in [1.165, 1.54) is 0 Å². The van der Waals surface area contributed by atoms with E-state index in [0.717, 1.165) is 5.69 Å². The zero-order valence-electron chi connectivity index (χ0n) is 7.03. The van der Waals surface area contributed by atoms with Gasteiger partial charge in [0.05, 0.1) is 18.0 Å². The van der Waals surface area contributed by atoms with Crippen LogP contribution in [0.3, 0.4) is 0 Å². The SMILES string of the molecule is Cc1c(CO)nc2ccc(Cl)nn12. The van der Waals surface area contributed by atoms with E-state index in [1.54, 1.807) is 16.6 Å². The molecular weight excluding hydrogens is 190 g/mol. The van der Waals surface area contributed by atoms with E-state index in [2.05, 4.69) is 10.1 Å². The maximum absolute atomic E-state index is 8.95. The molecule has 0 amide bonds. The highest BCUT2D eigenvalue weighted by Crippen LogP contribution is 2.12. The maximum atomic E-state index is 8.95. The van der Waals surface area contributed by atoms with Crippen molar-refractivity contribution in [3.8, 4) is 0 Å². The molecule has 0 fully saturated rings. The van der Waals surface area contributed by atoms with Crippen LogP contribution in [-0.4, -0.2) is 19.7 Å². The summed E-state index contributed by atoms with van der Waals surface area (Å²) in [5.74, 6) is 0. The van der Waals surface area contributed by atoms with Gasteiger partial charge in [-0.1, -0.05) is 11.6 Å². The van der Waals surface area contributed by atoms with E-state index in [9.17, 15) is 0 Å². The number of aryl methyl sites for hydroxylation is 1. The van der Waals surface area contributed by atoms with E-state index in [-0.39, 0.29) is 6.61 Å². The molecule has 0 atom stereocenters. The number of fused-ring (bicyclic) bond motifs is 1. The second kappa shape index (κ2) is 2.97. The van der Waals surface area contributed by atoms with Crippen LogP contribution in [0.2, 0.25) is 5.15 Å². The Bertz CT molecular complexity index is 452. The van der Waals surface area contributed by atoms with Gasteiger partial charge in [-0.2, -0.15) is 5.10 Å². The topological polar surface area (TPSA) is 50.4 Å². The molecule has 2 heterocycles. The fourth-order valence-electron chi connectivity index (χ4n) is 1.22.